The lowest BCUT2D eigenvalue weighted by molar-refractivity contribution is 0.613. The summed E-state index contributed by atoms with van der Waals surface area (Å²) >= 11 is 3.56. The Morgan fingerprint density at radius 2 is 2.17 bits per heavy atom. The van der Waals surface area contributed by atoms with Gasteiger partial charge in [-0.3, -0.25) is 0 Å². The quantitative estimate of drug-likeness (QED) is 0.888. The number of aromatic nitrogens is 1. The van der Waals surface area contributed by atoms with Gasteiger partial charge in [-0.2, -0.15) is 0 Å². The lowest BCUT2D eigenvalue weighted by Gasteiger charge is -2.12. The van der Waals surface area contributed by atoms with Gasteiger partial charge in [-0.15, -0.1) is 0 Å². The van der Waals surface area contributed by atoms with Crippen LogP contribution in [0.5, 0.6) is 0 Å². The first-order chi connectivity index (χ1) is 8.72. The molecule has 3 nitrogen and oxygen atoms in total. The van der Waals surface area contributed by atoms with E-state index in [0.29, 0.717) is 0 Å². The zero-order valence-electron chi connectivity index (χ0n) is 10.5. The van der Waals surface area contributed by atoms with Crippen molar-refractivity contribution < 1.29 is 0 Å². The Balaban J connectivity index is 2.16. The van der Waals surface area contributed by atoms with E-state index in [9.17, 15) is 0 Å². The Morgan fingerprint density at radius 1 is 1.33 bits per heavy atom. The van der Waals surface area contributed by atoms with Crippen LogP contribution in [0.3, 0.4) is 0 Å². The molecule has 18 heavy (non-hydrogen) atoms. The summed E-state index contributed by atoms with van der Waals surface area (Å²) in [5.74, 6) is 0.928. The first kappa shape index (κ1) is 13.3. The van der Waals surface area contributed by atoms with Crippen molar-refractivity contribution in [1.82, 2.24) is 4.98 Å². The number of nitrogens with one attached hydrogen (secondary N) is 1. The van der Waals surface area contributed by atoms with Crippen molar-refractivity contribution >= 4 is 32.5 Å². The zero-order chi connectivity index (χ0) is 13.0. The molecule has 0 aliphatic carbocycles. The van der Waals surface area contributed by atoms with Gasteiger partial charge in [-0.1, -0.05) is 35.0 Å². The normalized spacial score (nSPS) is 12.6. The minimum Gasteiger partial charge on any atom is -0.370 e. The molecule has 1 unspecified atom stereocenters. The summed E-state index contributed by atoms with van der Waals surface area (Å²) in [6, 6.07) is 8.42. The summed E-state index contributed by atoms with van der Waals surface area (Å²) in [6.07, 6.45) is 3.80. The fraction of sp³-hybridized carbons (Fsp3) is 0.357. The molecule has 0 saturated heterocycles. The van der Waals surface area contributed by atoms with E-state index in [1.165, 1.54) is 5.39 Å². The fourth-order valence-corrected chi connectivity index (χ4v) is 2.39. The SMILES string of the molecule is CCC(N)CCNc1nccc2c(Br)cccc12. The van der Waals surface area contributed by atoms with Gasteiger partial charge >= 0.3 is 0 Å². The summed E-state index contributed by atoms with van der Waals surface area (Å²) in [5.41, 5.74) is 5.91. The second kappa shape index (κ2) is 6.16. The molecule has 0 amide bonds. The molecule has 0 bridgehead atoms. The van der Waals surface area contributed by atoms with Crippen LogP contribution in [0, 0.1) is 0 Å². The van der Waals surface area contributed by atoms with E-state index < -0.39 is 0 Å². The molecule has 0 fully saturated rings. The minimum atomic E-state index is 0.263. The van der Waals surface area contributed by atoms with Crippen molar-refractivity contribution in [2.24, 2.45) is 5.73 Å². The highest BCUT2D eigenvalue weighted by molar-refractivity contribution is 9.10. The van der Waals surface area contributed by atoms with Crippen molar-refractivity contribution in [3.8, 4) is 0 Å². The summed E-state index contributed by atoms with van der Waals surface area (Å²) in [4.78, 5) is 4.40. The summed E-state index contributed by atoms with van der Waals surface area (Å²) < 4.78 is 1.09. The van der Waals surface area contributed by atoms with Gasteiger partial charge in [0.1, 0.15) is 5.82 Å². The van der Waals surface area contributed by atoms with E-state index in [-0.39, 0.29) is 6.04 Å². The number of halogens is 1. The molecule has 0 radical (unpaired) electrons. The Morgan fingerprint density at radius 3 is 2.94 bits per heavy atom. The van der Waals surface area contributed by atoms with Gasteiger partial charge in [-0.25, -0.2) is 4.98 Å². The third-order valence-electron chi connectivity index (χ3n) is 3.08. The molecule has 1 aromatic heterocycles. The topological polar surface area (TPSA) is 50.9 Å². The first-order valence-corrected chi connectivity index (χ1v) is 7.04. The van der Waals surface area contributed by atoms with Crippen LogP contribution in [-0.2, 0) is 0 Å². The van der Waals surface area contributed by atoms with Crippen molar-refractivity contribution in [2.75, 3.05) is 11.9 Å². The lowest BCUT2D eigenvalue weighted by Crippen LogP contribution is -2.22. The Bertz CT molecular complexity index is 527. The van der Waals surface area contributed by atoms with Gasteiger partial charge in [0.2, 0.25) is 0 Å². The number of hydrogen-bond donors (Lipinski definition) is 2. The summed E-state index contributed by atoms with van der Waals surface area (Å²) in [7, 11) is 0. The Hall–Kier alpha value is -1.13. The third kappa shape index (κ3) is 3.00. The van der Waals surface area contributed by atoms with Crippen LogP contribution < -0.4 is 11.1 Å². The molecule has 4 heteroatoms. The molecular weight excluding hydrogens is 290 g/mol. The van der Waals surface area contributed by atoms with E-state index in [1.807, 2.05) is 24.4 Å². The predicted molar refractivity (Wildman–Crippen MR) is 80.8 cm³/mol. The molecule has 0 aliphatic rings. The number of benzene rings is 1. The predicted octanol–water partition coefficient (Wildman–Crippen LogP) is 3.54. The molecule has 0 saturated carbocycles. The van der Waals surface area contributed by atoms with Crippen LogP contribution in [0.1, 0.15) is 19.8 Å². The van der Waals surface area contributed by atoms with Crippen molar-refractivity contribution in [2.45, 2.75) is 25.8 Å². The number of pyridine rings is 1. The van der Waals surface area contributed by atoms with E-state index in [1.54, 1.807) is 0 Å². The smallest absolute Gasteiger partial charge is 0.133 e. The minimum absolute atomic E-state index is 0.263. The fourth-order valence-electron chi connectivity index (χ4n) is 1.89. The standard InChI is InChI=1S/C14H18BrN3/c1-2-10(16)6-8-17-14-12-4-3-5-13(15)11(12)7-9-18-14/h3-5,7,9-10H,2,6,8,16H2,1H3,(H,17,18). The molecule has 1 heterocycles. The highest BCUT2D eigenvalue weighted by atomic mass is 79.9. The molecule has 1 atom stereocenters. The lowest BCUT2D eigenvalue weighted by atomic mass is 10.1. The Labute approximate surface area is 116 Å². The van der Waals surface area contributed by atoms with Gasteiger partial charge in [0, 0.05) is 34.0 Å². The van der Waals surface area contributed by atoms with Crippen LogP contribution in [0.4, 0.5) is 5.82 Å². The van der Waals surface area contributed by atoms with Gasteiger partial charge in [0.05, 0.1) is 0 Å². The second-order valence-corrected chi connectivity index (χ2v) is 5.23. The zero-order valence-corrected chi connectivity index (χ0v) is 12.1. The monoisotopic (exact) mass is 307 g/mol. The van der Waals surface area contributed by atoms with Crippen LogP contribution in [0.2, 0.25) is 0 Å². The van der Waals surface area contributed by atoms with Crippen LogP contribution in [-0.4, -0.2) is 17.6 Å². The maximum atomic E-state index is 5.91. The number of anilines is 1. The summed E-state index contributed by atoms with van der Waals surface area (Å²) in [5, 5.41) is 5.68. The van der Waals surface area contributed by atoms with Crippen molar-refractivity contribution in [3.63, 3.8) is 0 Å². The number of nitrogens with two attached hydrogens (primary N) is 1. The molecule has 96 valence electrons. The van der Waals surface area contributed by atoms with Gasteiger partial charge in [0.15, 0.2) is 0 Å². The van der Waals surface area contributed by atoms with Crippen molar-refractivity contribution in [1.29, 1.82) is 0 Å². The number of fused-ring (bicyclic) bond motifs is 1. The molecule has 0 spiro atoms. The highest BCUT2D eigenvalue weighted by Gasteiger charge is 2.05. The molecule has 1 aromatic carbocycles. The van der Waals surface area contributed by atoms with Gasteiger partial charge < -0.3 is 11.1 Å². The highest BCUT2D eigenvalue weighted by Crippen LogP contribution is 2.27. The number of nitrogens with zero attached hydrogens (tertiary/aromatic N) is 1. The maximum absolute atomic E-state index is 5.91. The van der Waals surface area contributed by atoms with E-state index in [0.717, 1.165) is 35.1 Å². The van der Waals surface area contributed by atoms with E-state index in [2.05, 4.69) is 39.2 Å². The summed E-state index contributed by atoms with van der Waals surface area (Å²) in [6.45, 7) is 2.96. The first-order valence-electron chi connectivity index (χ1n) is 6.25. The molecule has 2 aromatic rings. The van der Waals surface area contributed by atoms with Crippen molar-refractivity contribution in [3.05, 3.63) is 34.9 Å². The molecular formula is C14H18BrN3. The van der Waals surface area contributed by atoms with Crippen LogP contribution in [0.25, 0.3) is 10.8 Å². The number of rotatable bonds is 5. The average Bonchev–Trinajstić information content (AvgIpc) is 2.39. The third-order valence-corrected chi connectivity index (χ3v) is 3.78. The maximum Gasteiger partial charge on any atom is 0.133 e. The largest absolute Gasteiger partial charge is 0.370 e. The van der Waals surface area contributed by atoms with Gasteiger partial charge in [-0.05, 0) is 25.0 Å². The van der Waals surface area contributed by atoms with E-state index in [4.69, 9.17) is 5.73 Å². The second-order valence-electron chi connectivity index (χ2n) is 4.38. The average molecular weight is 308 g/mol. The molecule has 2 rings (SSSR count). The molecule has 3 N–H and O–H groups in total. The Kier molecular flexibility index (Phi) is 4.55. The number of hydrogen-bond acceptors (Lipinski definition) is 3. The van der Waals surface area contributed by atoms with Crippen LogP contribution >= 0.6 is 15.9 Å². The van der Waals surface area contributed by atoms with E-state index >= 15 is 0 Å². The van der Waals surface area contributed by atoms with Crippen LogP contribution in [0.15, 0.2) is 34.9 Å². The molecule has 0 aliphatic heterocycles. The van der Waals surface area contributed by atoms with Gasteiger partial charge in [0.25, 0.3) is 0 Å².